The number of sulfonamides is 1. The smallest absolute Gasteiger partial charge is 0.329 e. The molecular formula is C25H29FN2O5S. The van der Waals surface area contributed by atoms with E-state index in [4.69, 9.17) is 4.74 Å². The molecule has 2 fully saturated rings. The predicted molar refractivity (Wildman–Crippen MR) is 124 cm³/mol. The van der Waals surface area contributed by atoms with Crippen LogP contribution in [-0.2, 0) is 21.2 Å². The molecule has 4 atom stereocenters. The fraction of sp³-hybridized carbons (Fsp3) is 0.480. The Kier molecular flexibility index (Phi) is 5.90. The number of rotatable bonds is 7. The van der Waals surface area contributed by atoms with Gasteiger partial charge in [0.15, 0.2) is 5.54 Å². The summed E-state index contributed by atoms with van der Waals surface area (Å²) in [5.41, 5.74) is -1.19. The first kappa shape index (κ1) is 23.3. The molecule has 0 aromatic heterocycles. The zero-order chi connectivity index (χ0) is 24.1. The molecule has 2 aromatic rings. The lowest BCUT2D eigenvalue weighted by molar-refractivity contribution is -0.149. The van der Waals surface area contributed by atoms with Gasteiger partial charge in [-0.25, -0.2) is 8.42 Å². The molecule has 34 heavy (non-hydrogen) atoms. The summed E-state index contributed by atoms with van der Waals surface area (Å²) in [5.74, 6) is -2.65. The Labute approximate surface area is 199 Å². The second kappa shape index (κ2) is 8.62. The van der Waals surface area contributed by atoms with Crippen LogP contribution in [0.15, 0.2) is 53.4 Å². The fourth-order valence-corrected chi connectivity index (χ4v) is 7.58. The van der Waals surface area contributed by atoms with Crippen LogP contribution in [0, 0.1) is 5.92 Å². The van der Waals surface area contributed by atoms with Crippen LogP contribution >= 0.6 is 0 Å². The number of likely N-dealkylation sites (N-methyl/N-ethyl adjacent to an activating group) is 1. The lowest BCUT2D eigenvalue weighted by Crippen LogP contribution is -2.45. The third-order valence-corrected chi connectivity index (χ3v) is 9.39. The first-order valence-corrected chi connectivity index (χ1v) is 13.3. The molecule has 2 unspecified atom stereocenters. The number of carboxylic acid groups (broad SMARTS) is 1. The zero-order valence-corrected chi connectivity index (χ0v) is 19.9. The highest BCUT2D eigenvalue weighted by Gasteiger charge is 2.79. The molecule has 182 valence electrons. The van der Waals surface area contributed by atoms with Gasteiger partial charge in [0.2, 0.25) is 0 Å². The van der Waals surface area contributed by atoms with E-state index in [1.165, 1.54) is 6.07 Å². The molecular weight excluding hydrogens is 459 g/mol. The lowest BCUT2D eigenvalue weighted by atomic mass is 9.95. The quantitative estimate of drug-likeness (QED) is 0.600. The summed E-state index contributed by atoms with van der Waals surface area (Å²) in [5, 5.41) is 10.1. The van der Waals surface area contributed by atoms with E-state index in [0.29, 0.717) is 23.3 Å². The Morgan fingerprint density at radius 1 is 1.21 bits per heavy atom. The van der Waals surface area contributed by atoms with Gasteiger partial charge >= 0.3 is 5.97 Å². The molecule has 7 nitrogen and oxygen atoms in total. The number of hydrogen-bond donors (Lipinski definition) is 1. The van der Waals surface area contributed by atoms with Gasteiger partial charge in [0, 0.05) is 23.4 Å². The number of piperidine rings is 1. The predicted octanol–water partition coefficient (Wildman–Crippen LogP) is 3.61. The van der Waals surface area contributed by atoms with Crippen molar-refractivity contribution in [3.63, 3.8) is 0 Å². The van der Waals surface area contributed by atoms with Crippen LogP contribution in [0.3, 0.4) is 0 Å². The third-order valence-electron chi connectivity index (χ3n) is 7.71. The number of halogens is 1. The average Bonchev–Trinajstić information content (AvgIpc) is 3.55. The molecule has 5 rings (SSSR count). The number of carbonyl (C=O) groups is 1. The van der Waals surface area contributed by atoms with Crippen LogP contribution in [0.2, 0.25) is 0 Å². The molecule has 0 spiro atoms. The number of hydrogen-bond acceptors (Lipinski definition) is 5. The van der Waals surface area contributed by atoms with Crippen LogP contribution in [0.5, 0.6) is 5.75 Å². The summed E-state index contributed by atoms with van der Waals surface area (Å²) in [6.07, 6.45) is 3.58. The third kappa shape index (κ3) is 3.44. The maximum absolute atomic E-state index is 16.1. The Morgan fingerprint density at radius 2 is 1.94 bits per heavy atom. The number of aliphatic carboxylic acids is 1. The van der Waals surface area contributed by atoms with Gasteiger partial charge in [0.05, 0.1) is 11.5 Å². The fourth-order valence-electron chi connectivity index (χ4n) is 5.95. The first-order chi connectivity index (χ1) is 16.3. The normalized spacial score (nSPS) is 28.6. The monoisotopic (exact) mass is 488 g/mol. The minimum atomic E-state index is -4.73. The van der Waals surface area contributed by atoms with Gasteiger partial charge in [0.25, 0.3) is 10.0 Å². The summed E-state index contributed by atoms with van der Waals surface area (Å²) in [7, 11) is -4.73. The average molecular weight is 489 g/mol. The number of para-hydroxylation sites is 1. The molecule has 9 heteroatoms. The molecule has 0 amide bonds. The van der Waals surface area contributed by atoms with E-state index in [2.05, 4.69) is 11.8 Å². The standard InChI is InChI=1S/C25H29FN2O5S/c1-2-27-14-8-7-10-18(27)15-17-9-3-6-13-22(17)34(31,32)28(26)25(24(29)30)20-16-33-21-12-5-4-11-19(21)23(20)25/h3-6,9,11-13,18,20,23H,2,7-8,10,14-16H2,1H3,(H,29,30)/t18?,20-,23-,25?/m1/s1. The van der Waals surface area contributed by atoms with Crippen molar-refractivity contribution in [2.24, 2.45) is 5.92 Å². The minimum absolute atomic E-state index is 0.0564. The summed E-state index contributed by atoms with van der Waals surface area (Å²) in [4.78, 5) is 14.6. The van der Waals surface area contributed by atoms with Gasteiger partial charge in [-0.15, -0.1) is 4.48 Å². The summed E-state index contributed by atoms with van der Waals surface area (Å²) >= 11 is 0. The maximum Gasteiger partial charge on any atom is 0.329 e. The van der Waals surface area contributed by atoms with Crippen molar-refractivity contribution < 1.29 is 27.5 Å². The second-order valence-corrected chi connectivity index (χ2v) is 11.1. The van der Waals surface area contributed by atoms with Crippen LogP contribution in [-0.4, -0.2) is 60.2 Å². The largest absolute Gasteiger partial charge is 0.493 e. The molecule has 0 bridgehead atoms. The van der Waals surface area contributed by atoms with Crippen molar-refractivity contribution >= 4 is 16.0 Å². The van der Waals surface area contributed by atoms with Crippen LogP contribution in [0.4, 0.5) is 4.48 Å². The van der Waals surface area contributed by atoms with Gasteiger partial charge in [-0.3, -0.25) is 4.79 Å². The van der Waals surface area contributed by atoms with Crippen molar-refractivity contribution in [2.45, 2.75) is 55.0 Å². The summed E-state index contributed by atoms with van der Waals surface area (Å²) in [6, 6.07) is 13.4. The number of likely N-dealkylation sites (tertiary alicyclic amines) is 1. The zero-order valence-electron chi connectivity index (χ0n) is 19.1. The van der Waals surface area contributed by atoms with Crippen molar-refractivity contribution in [1.82, 2.24) is 9.43 Å². The van der Waals surface area contributed by atoms with Gasteiger partial charge < -0.3 is 14.7 Å². The molecule has 2 aliphatic heterocycles. The Hall–Kier alpha value is -2.49. The Bertz CT molecular complexity index is 1210. The van der Waals surface area contributed by atoms with Gasteiger partial charge in [-0.1, -0.05) is 49.7 Å². The topological polar surface area (TPSA) is 87.2 Å². The number of nitrogens with zero attached hydrogens (tertiary/aromatic N) is 2. The van der Waals surface area contributed by atoms with Crippen molar-refractivity contribution in [2.75, 3.05) is 19.7 Å². The van der Waals surface area contributed by atoms with Gasteiger partial charge in [-0.2, -0.15) is 0 Å². The van der Waals surface area contributed by atoms with E-state index >= 15 is 4.48 Å². The molecule has 1 aliphatic carbocycles. The van der Waals surface area contributed by atoms with E-state index in [0.717, 1.165) is 32.4 Å². The molecule has 1 N–H and O–H groups in total. The summed E-state index contributed by atoms with van der Waals surface area (Å²) in [6.45, 7) is 3.84. The van der Waals surface area contributed by atoms with E-state index < -0.39 is 33.4 Å². The molecule has 2 aromatic carbocycles. The number of ether oxygens (including phenoxy) is 1. The maximum atomic E-state index is 16.1. The number of fused-ring (bicyclic) bond motifs is 3. The first-order valence-electron chi connectivity index (χ1n) is 11.8. The van der Waals surface area contributed by atoms with Crippen molar-refractivity contribution in [1.29, 1.82) is 0 Å². The molecule has 1 saturated carbocycles. The highest BCUT2D eigenvalue weighted by Crippen LogP contribution is 2.66. The van der Waals surface area contributed by atoms with Gasteiger partial charge in [-0.05, 0) is 54.6 Å². The van der Waals surface area contributed by atoms with Crippen LogP contribution in [0.25, 0.3) is 0 Å². The van der Waals surface area contributed by atoms with Gasteiger partial charge in [0.1, 0.15) is 5.75 Å². The molecule has 0 radical (unpaired) electrons. The van der Waals surface area contributed by atoms with E-state index in [9.17, 15) is 18.3 Å². The van der Waals surface area contributed by atoms with E-state index in [-0.39, 0.29) is 22.1 Å². The molecule has 2 heterocycles. The van der Waals surface area contributed by atoms with Crippen LogP contribution < -0.4 is 4.74 Å². The Morgan fingerprint density at radius 3 is 2.71 bits per heavy atom. The highest BCUT2D eigenvalue weighted by atomic mass is 32.2. The Balaban J connectivity index is 1.51. The van der Waals surface area contributed by atoms with Crippen molar-refractivity contribution in [3.8, 4) is 5.75 Å². The van der Waals surface area contributed by atoms with E-state index in [1.807, 2.05) is 0 Å². The highest BCUT2D eigenvalue weighted by molar-refractivity contribution is 7.89. The SMILES string of the molecule is CCN1CCCCC1Cc1ccccc1S(=O)(=O)N(F)C1(C(=O)O)[C@@H]2COc3ccccc3[C@H]21. The van der Waals surface area contributed by atoms with Crippen molar-refractivity contribution in [3.05, 3.63) is 59.7 Å². The number of benzene rings is 2. The molecule has 3 aliphatic rings. The van der Waals surface area contributed by atoms with E-state index in [1.54, 1.807) is 42.5 Å². The number of carboxylic acids is 1. The second-order valence-electron chi connectivity index (χ2n) is 9.37. The molecule has 1 saturated heterocycles. The lowest BCUT2D eigenvalue weighted by Gasteiger charge is -2.35. The minimum Gasteiger partial charge on any atom is -0.493 e. The summed E-state index contributed by atoms with van der Waals surface area (Å²) < 4.78 is 48.6. The van der Waals surface area contributed by atoms with Crippen LogP contribution in [0.1, 0.15) is 43.2 Å².